The van der Waals surface area contributed by atoms with E-state index in [1.54, 1.807) is 30.3 Å². The van der Waals surface area contributed by atoms with Crippen LogP contribution < -0.4 is 20.1 Å². The number of esters is 1. The lowest BCUT2D eigenvalue weighted by atomic mass is 9.76. The molecule has 3 N–H and O–H groups in total. The van der Waals surface area contributed by atoms with Gasteiger partial charge in [-0.05, 0) is 17.2 Å². The van der Waals surface area contributed by atoms with Crippen LogP contribution in [-0.4, -0.2) is 55.7 Å². The number of aliphatic carboxylic acids is 1. The summed E-state index contributed by atoms with van der Waals surface area (Å²) in [4.78, 5) is 51.3. The molecule has 4 atom stereocenters. The van der Waals surface area contributed by atoms with Crippen LogP contribution in [0.4, 0.5) is 0 Å². The van der Waals surface area contributed by atoms with E-state index in [2.05, 4.69) is 10.6 Å². The summed E-state index contributed by atoms with van der Waals surface area (Å²) in [5.74, 6) is -5.20. The number of carbonyl (C=O) groups is 4. The van der Waals surface area contributed by atoms with Crippen molar-refractivity contribution in [1.29, 1.82) is 0 Å². The monoisotopic (exact) mass is 468 g/mol. The normalized spacial score (nSPS) is 25.4. The highest BCUT2D eigenvalue weighted by Crippen LogP contribution is 2.49. The van der Waals surface area contributed by atoms with Gasteiger partial charge in [-0.25, -0.2) is 4.79 Å². The zero-order chi connectivity index (χ0) is 24.6. The summed E-state index contributed by atoms with van der Waals surface area (Å²) in [6.07, 6.45) is -0.0593. The second kappa shape index (κ2) is 8.79. The number of fused-ring (bicyclic) bond motifs is 1. The summed E-state index contributed by atoms with van der Waals surface area (Å²) in [7, 11) is 3.98. The quantitative estimate of drug-likeness (QED) is 0.402. The molecule has 2 aromatic carbocycles. The molecule has 10 nitrogen and oxygen atoms in total. The Labute approximate surface area is 195 Å². The Balaban J connectivity index is 1.93. The first-order chi connectivity index (χ1) is 16.3. The van der Waals surface area contributed by atoms with Crippen LogP contribution >= 0.6 is 0 Å². The SMILES string of the molecule is COC(=O)c1c(OC)cc(OC)cc1C1NC(Cc2ccccc2)(C(=O)O)C2C(=O)NC(=O)C12. The van der Waals surface area contributed by atoms with Crippen molar-refractivity contribution in [3.8, 4) is 11.5 Å². The van der Waals surface area contributed by atoms with E-state index in [4.69, 9.17) is 14.2 Å². The maximum Gasteiger partial charge on any atom is 0.341 e. The summed E-state index contributed by atoms with van der Waals surface area (Å²) in [6, 6.07) is 10.8. The molecular formula is C24H24N2O8. The standard InChI is InChI=1S/C24H24N2O8/c1-32-13-9-14(16(22(29)34-3)15(10-13)33-2)19-17-18(21(28)25-20(17)27)24(26-19,23(30)31)11-12-7-5-4-6-8-12/h4-10,17-19,26H,11H2,1-3H3,(H,30,31)(H,25,27,28). The zero-order valence-electron chi connectivity index (χ0n) is 18.8. The Morgan fingerprint density at radius 3 is 2.32 bits per heavy atom. The number of nitrogens with one attached hydrogen (secondary N) is 2. The van der Waals surface area contributed by atoms with E-state index in [1.807, 2.05) is 0 Å². The number of carboxylic acid groups (broad SMARTS) is 1. The van der Waals surface area contributed by atoms with Gasteiger partial charge in [0.05, 0.1) is 33.2 Å². The third-order valence-corrected chi connectivity index (χ3v) is 6.49. The van der Waals surface area contributed by atoms with Gasteiger partial charge in [0, 0.05) is 18.5 Å². The lowest BCUT2D eigenvalue weighted by Crippen LogP contribution is -2.57. The third-order valence-electron chi connectivity index (χ3n) is 6.49. The smallest absolute Gasteiger partial charge is 0.341 e. The Bertz CT molecular complexity index is 1170. The number of methoxy groups -OCH3 is 3. The van der Waals surface area contributed by atoms with Gasteiger partial charge in [-0.3, -0.25) is 25.0 Å². The van der Waals surface area contributed by atoms with E-state index in [1.165, 1.54) is 33.5 Å². The fraction of sp³-hybridized carbons (Fsp3) is 0.333. The highest BCUT2D eigenvalue weighted by molar-refractivity contribution is 6.09. The van der Waals surface area contributed by atoms with Gasteiger partial charge in [0.1, 0.15) is 22.6 Å². The number of carbonyl (C=O) groups excluding carboxylic acids is 3. The predicted octanol–water partition coefficient (Wildman–Crippen LogP) is 1.09. The van der Waals surface area contributed by atoms with Crippen LogP contribution in [0.25, 0.3) is 0 Å². The number of benzene rings is 2. The van der Waals surface area contributed by atoms with Crippen molar-refractivity contribution in [2.45, 2.75) is 18.0 Å². The number of ether oxygens (including phenoxy) is 3. The number of hydrogen-bond donors (Lipinski definition) is 3. The van der Waals surface area contributed by atoms with E-state index in [-0.39, 0.29) is 23.3 Å². The number of rotatable bonds is 7. The van der Waals surface area contributed by atoms with Crippen LogP contribution in [-0.2, 0) is 25.5 Å². The molecule has 2 amide bonds. The first-order valence-corrected chi connectivity index (χ1v) is 10.5. The van der Waals surface area contributed by atoms with Crippen molar-refractivity contribution in [3.05, 3.63) is 59.2 Å². The van der Waals surface area contributed by atoms with Crippen LogP contribution in [0.3, 0.4) is 0 Å². The second-order valence-corrected chi connectivity index (χ2v) is 8.20. The molecule has 178 valence electrons. The van der Waals surface area contributed by atoms with Gasteiger partial charge in [-0.15, -0.1) is 0 Å². The zero-order valence-corrected chi connectivity index (χ0v) is 18.8. The molecule has 34 heavy (non-hydrogen) atoms. The molecule has 2 aliphatic rings. The van der Waals surface area contributed by atoms with Crippen LogP contribution in [0.2, 0.25) is 0 Å². The minimum absolute atomic E-state index is 0.00935. The molecule has 0 saturated carbocycles. The van der Waals surface area contributed by atoms with Gasteiger partial charge < -0.3 is 19.3 Å². The van der Waals surface area contributed by atoms with Crippen LogP contribution in [0.15, 0.2) is 42.5 Å². The molecule has 2 aromatic rings. The molecule has 4 rings (SSSR count). The molecule has 2 saturated heterocycles. The molecule has 10 heteroatoms. The number of carboxylic acids is 1. The first kappa shape index (κ1) is 23.2. The minimum Gasteiger partial charge on any atom is -0.497 e. The Hall–Kier alpha value is -3.92. The van der Waals surface area contributed by atoms with Crippen LogP contribution in [0.5, 0.6) is 11.5 Å². The van der Waals surface area contributed by atoms with E-state index < -0.39 is 47.2 Å². The molecule has 2 fully saturated rings. The topological polar surface area (TPSA) is 140 Å². The summed E-state index contributed by atoms with van der Waals surface area (Å²) >= 11 is 0. The molecule has 2 aliphatic heterocycles. The Kier molecular flexibility index (Phi) is 6.01. The summed E-state index contributed by atoms with van der Waals surface area (Å²) in [6.45, 7) is 0. The largest absolute Gasteiger partial charge is 0.497 e. The average molecular weight is 468 g/mol. The van der Waals surface area contributed by atoms with Crippen molar-refractivity contribution < 1.29 is 38.5 Å². The first-order valence-electron chi connectivity index (χ1n) is 10.5. The highest BCUT2D eigenvalue weighted by atomic mass is 16.5. The molecule has 4 unspecified atom stereocenters. The summed E-state index contributed by atoms with van der Waals surface area (Å²) in [5.41, 5.74) is -0.897. The van der Waals surface area contributed by atoms with Crippen molar-refractivity contribution in [2.75, 3.05) is 21.3 Å². The number of hydrogen-bond acceptors (Lipinski definition) is 8. The minimum atomic E-state index is -1.81. The molecule has 0 radical (unpaired) electrons. The predicted molar refractivity (Wildman–Crippen MR) is 117 cm³/mol. The number of amides is 2. The maximum atomic E-state index is 12.9. The third kappa shape index (κ3) is 3.56. The highest BCUT2D eigenvalue weighted by Gasteiger charge is 2.66. The Morgan fingerprint density at radius 2 is 1.74 bits per heavy atom. The van der Waals surface area contributed by atoms with Crippen molar-refractivity contribution >= 4 is 23.8 Å². The van der Waals surface area contributed by atoms with Gasteiger partial charge in [0.2, 0.25) is 11.8 Å². The van der Waals surface area contributed by atoms with Crippen molar-refractivity contribution in [2.24, 2.45) is 11.8 Å². The average Bonchev–Trinajstić information content (AvgIpc) is 3.34. The van der Waals surface area contributed by atoms with Gasteiger partial charge in [-0.1, -0.05) is 30.3 Å². The van der Waals surface area contributed by atoms with Gasteiger partial charge >= 0.3 is 11.9 Å². The van der Waals surface area contributed by atoms with E-state index in [0.717, 1.165) is 0 Å². The molecule has 0 bridgehead atoms. The van der Waals surface area contributed by atoms with E-state index in [0.29, 0.717) is 11.3 Å². The second-order valence-electron chi connectivity index (χ2n) is 8.20. The van der Waals surface area contributed by atoms with Crippen LogP contribution in [0, 0.1) is 11.8 Å². The van der Waals surface area contributed by atoms with Crippen molar-refractivity contribution in [1.82, 2.24) is 10.6 Å². The molecule has 0 spiro atoms. The molecule has 0 aliphatic carbocycles. The van der Waals surface area contributed by atoms with Gasteiger partial charge in [-0.2, -0.15) is 0 Å². The maximum absolute atomic E-state index is 12.9. The Morgan fingerprint density at radius 1 is 1.03 bits per heavy atom. The number of imide groups is 1. The fourth-order valence-electron chi connectivity index (χ4n) is 5.00. The lowest BCUT2D eigenvalue weighted by Gasteiger charge is -2.30. The molecular weight excluding hydrogens is 444 g/mol. The summed E-state index contributed by atoms with van der Waals surface area (Å²) < 4.78 is 15.6. The molecule has 2 heterocycles. The summed E-state index contributed by atoms with van der Waals surface area (Å²) in [5, 5.41) is 15.7. The molecule has 0 aromatic heterocycles. The lowest BCUT2D eigenvalue weighted by molar-refractivity contribution is -0.149. The van der Waals surface area contributed by atoms with E-state index in [9.17, 15) is 24.3 Å². The van der Waals surface area contributed by atoms with Crippen LogP contribution in [0.1, 0.15) is 27.5 Å². The van der Waals surface area contributed by atoms with E-state index >= 15 is 0 Å². The van der Waals surface area contributed by atoms with Gasteiger partial charge in [0.25, 0.3) is 0 Å². The van der Waals surface area contributed by atoms with Crippen molar-refractivity contribution in [3.63, 3.8) is 0 Å². The fourth-order valence-corrected chi connectivity index (χ4v) is 5.00. The van der Waals surface area contributed by atoms with Gasteiger partial charge in [0.15, 0.2) is 0 Å².